The quantitative estimate of drug-likeness (QED) is 0.297. The van der Waals surface area contributed by atoms with Gasteiger partial charge in [-0.1, -0.05) is 24.3 Å². The second-order valence-electron chi connectivity index (χ2n) is 7.02. The summed E-state index contributed by atoms with van der Waals surface area (Å²) in [7, 11) is 1.61. The van der Waals surface area contributed by atoms with Crippen LogP contribution in [0.25, 0.3) is 22.2 Å². The maximum Gasteiger partial charge on any atom is 0.143 e. The first-order valence-electron chi connectivity index (χ1n) is 10.1. The third-order valence-electron chi connectivity index (χ3n) is 5.01. The molecule has 0 aliphatic heterocycles. The lowest BCUT2D eigenvalue weighted by Crippen LogP contribution is -2.05. The minimum absolute atomic E-state index is 0.0902. The lowest BCUT2D eigenvalue weighted by molar-refractivity contribution is 0.146. The Hall–Kier alpha value is -4.05. The molecule has 0 amide bonds. The molecule has 0 spiro atoms. The van der Waals surface area contributed by atoms with Crippen LogP contribution in [0.1, 0.15) is 16.7 Å². The Morgan fingerprint density at radius 1 is 1.06 bits per heavy atom. The van der Waals surface area contributed by atoms with Crippen molar-refractivity contribution in [3.8, 4) is 29.0 Å². The number of aromatic nitrogens is 3. The van der Waals surface area contributed by atoms with E-state index >= 15 is 0 Å². The van der Waals surface area contributed by atoms with Crippen LogP contribution in [0, 0.1) is 22.7 Å². The summed E-state index contributed by atoms with van der Waals surface area (Å²) >= 11 is 1.39. The van der Waals surface area contributed by atoms with Crippen LogP contribution in [0.3, 0.4) is 0 Å². The summed E-state index contributed by atoms with van der Waals surface area (Å²) in [6.07, 6.45) is 1.65. The van der Waals surface area contributed by atoms with Crippen molar-refractivity contribution in [2.24, 2.45) is 0 Å². The number of nitrogens with two attached hydrogens (primary N) is 1. The fourth-order valence-corrected chi connectivity index (χ4v) is 4.42. The van der Waals surface area contributed by atoms with E-state index in [1.807, 2.05) is 18.2 Å². The molecule has 0 aliphatic carbocycles. The summed E-state index contributed by atoms with van der Waals surface area (Å²) in [4.78, 5) is 11.9. The Morgan fingerprint density at radius 3 is 2.58 bits per heavy atom. The van der Waals surface area contributed by atoms with Gasteiger partial charge < -0.3 is 20.2 Å². The maximum atomic E-state index is 10.00. The number of nitrogens with one attached hydrogen (secondary N) is 1. The number of benzene rings is 2. The predicted molar refractivity (Wildman–Crippen MR) is 127 cm³/mol. The number of nitriles is 2. The van der Waals surface area contributed by atoms with Crippen LogP contribution >= 0.6 is 11.8 Å². The van der Waals surface area contributed by atoms with Crippen molar-refractivity contribution >= 4 is 28.6 Å². The standard InChI is InChI=1S/C24H20N6O2S/c1-31-9-10-32-17-7-5-15(6-8-17)21-18(11-25)23(27)30-24(19(21)12-26)33-13-16-3-2-4-20-22(16)29-14-28-20/h2-8,14H,9-10,13H2,1H3,(H2,27,30)(H,28,29). The van der Waals surface area contributed by atoms with Crippen molar-refractivity contribution < 1.29 is 9.47 Å². The van der Waals surface area contributed by atoms with E-state index in [2.05, 4.69) is 27.1 Å². The van der Waals surface area contributed by atoms with E-state index < -0.39 is 0 Å². The zero-order valence-corrected chi connectivity index (χ0v) is 18.6. The van der Waals surface area contributed by atoms with Gasteiger partial charge in [0.2, 0.25) is 0 Å². The molecule has 2 heterocycles. The van der Waals surface area contributed by atoms with Gasteiger partial charge in [0, 0.05) is 18.4 Å². The average Bonchev–Trinajstić information content (AvgIpc) is 3.32. The number of hydrogen-bond acceptors (Lipinski definition) is 8. The minimum Gasteiger partial charge on any atom is -0.491 e. The van der Waals surface area contributed by atoms with E-state index in [0.29, 0.717) is 46.4 Å². The van der Waals surface area contributed by atoms with Crippen LogP contribution < -0.4 is 10.5 Å². The number of thioether (sulfide) groups is 1. The molecule has 0 fully saturated rings. The zero-order valence-electron chi connectivity index (χ0n) is 17.8. The Labute approximate surface area is 195 Å². The number of ether oxygens (including phenoxy) is 2. The molecular formula is C24H20N6O2S. The first-order chi connectivity index (χ1) is 16.2. The van der Waals surface area contributed by atoms with Gasteiger partial charge in [-0.15, -0.1) is 11.8 Å². The SMILES string of the molecule is COCCOc1ccc(-c2c(C#N)c(N)nc(SCc3cccc4[nH]cnc34)c2C#N)cc1. The maximum absolute atomic E-state index is 10.00. The third-order valence-corrected chi connectivity index (χ3v) is 6.04. The summed E-state index contributed by atoms with van der Waals surface area (Å²) < 4.78 is 10.6. The molecule has 0 atom stereocenters. The molecule has 9 heteroatoms. The Kier molecular flexibility index (Phi) is 6.75. The molecule has 0 saturated carbocycles. The van der Waals surface area contributed by atoms with Crippen LogP contribution in [0.2, 0.25) is 0 Å². The molecule has 164 valence electrons. The highest BCUT2D eigenvalue weighted by Crippen LogP contribution is 2.37. The van der Waals surface area contributed by atoms with E-state index in [0.717, 1.165) is 16.6 Å². The van der Waals surface area contributed by atoms with E-state index in [1.54, 1.807) is 37.7 Å². The molecule has 2 aromatic carbocycles. The molecule has 8 nitrogen and oxygen atoms in total. The molecule has 4 rings (SSSR count). The van der Waals surface area contributed by atoms with Gasteiger partial charge in [-0.05, 0) is 29.3 Å². The molecule has 0 bridgehead atoms. The van der Waals surface area contributed by atoms with Crippen molar-refractivity contribution in [2.75, 3.05) is 26.1 Å². The van der Waals surface area contributed by atoms with Crippen LogP contribution in [-0.4, -0.2) is 35.3 Å². The van der Waals surface area contributed by atoms with Gasteiger partial charge in [0.25, 0.3) is 0 Å². The van der Waals surface area contributed by atoms with Crippen LogP contribution in [0.4, 0.5) is 5.82 Å². The number of H-pyrrole nitrogens is 1. The summed E-state index contributed by atoms with van der Waals surface area (Å²) in [6, 6.07) is 17.4. The van der Waals surface area contributed by atoms with Crippen molar-refractivity contribution in [3.63, 3.8) is 0 Å². The normalized spacial score (nSPS) is 10.6. The topological polar surface area (TPSA) is 134 Å². The number of imidazole rings is 1. The first-order valence-corrected chi connectivity index (χ1v) is 11.0. The molecular weight excluding hydrogens is 436 g/mol. The Morgan fingerprint density at radius 2 is 1.85 bits per heavy atom. The van der Waals surface area contributed by atoms with Gasteiger partial charge in [-0.25, -0.2) is 9.97 Å². The van der Waals surface area contributed by atoms with Gasteiger partial charge in [0.15, 0.2) is 0 Å². The lowest BCUT2D eigenvalue weighted by Gasteiger charge is -2.14. The molecule has 0 saturated heterocycles. The number of para-hydroxylation sites is 1. The lowest BCUT2D eigenvalue weighted by atomic mass is 9.97. The number of nitrogens with zero attached hydrogens (tertiary/aromatic N) is 4. The van der Waals surface area contributed by atoms with E-state index in [4.69, 9.17) is 15.2 Å². The largest absolute Gasteiger partial charge is 0.491 e. The second kappa shape index (κ2) is 10.0. The molecule has 33 heavy (non-hydrogen) atoms. The summed E-state index contributed by atoms with van der Waals surface area (Å²) in [6.45, 7) is 0.904. The van der Waals surface area contributed by atoms with Gasteiger partial charge in [0.1, 0.15) is 40.9 Å². The molecule has 2 aromatic heterocycles. The minimum atomic E-state index is 0.0902. The number of aromatic amines is 1. The third kappa shape index (κ3) is 4.60. The number of nitrogen functional groups attached to an aromatic ring is 1. The fourth-order valence-electron chi connectivity index (χ4n) is 3.44. The predicted octanol–water partition coefficient (Wildman–Crippen LogP) is 4.27. The Bertz CT molecular complexity index is 1370. The average molecular weight is 457 g/mol. The zero-order chi connectivity index (χ0) is 23.2. The summed E-state index contributed by atoms with van der Waals surface area (Å²) in [5.41, 5.74) is 10.6. The van der Waals surface area contributed by atoms with Crippen LogP contribution in [0.5, 0.6) is 5.75 Å². The van der Waals surface area contributed by atoms with E-state index in [1.165, 1.54) is 11.8 Å². The number of hydrogen-bond donors (Lipinski definition) is 2. The molecule has 0 aliphatic rings. The first kappa shape index (κ1) is 22.2. The number of methoxy groups -OCH3 is 1. The Balaban J connectivity index is 1.69. The van der Waals surface area contributed by atoms with Crippen molar-refractivity contribution in [1.29, 1.82) is 10.5 Å². The van der Waals surface area contributed by atoms with E-state index in [9.17, 15) is 10.5 Å². The summed E-state index contributed by atoms with van der Waals surface area (Å²) in [5.74, 6) is 1.30. The van der Waals surface area contributed by atoms with Gasteiger partial charge >= 0.3 is 0 Å². The molecule has 4 aromatic rings. The van der Waals surface area contributed by atoms with Gasteiger partial charge in [-0.2, -0.15) is 10.5 Å². The van der Waals surface area contributed by atoms with Gasteiger partial charge in [0.05, 0.1) is 29.5 Å². The number of rotatable bonds is 8. The highest BCUT2D eigenvalue weighted by molar-refractivity contribution is 7.98. The van der Waals surface area contributed by atoms with E-state index in [-0.39, 0.29) is 11.4 Å². The fraction of sp³-hybridized carbons (Fsp3) is 0.167. The smallest absolute Gasteiger partial charge is 0.143 e. The van der Waals surface area contributed by atoms with Gasteiger partial charge in [-0.3, -0.25) is 0 Å². The number of anilines is 1. The van der Waals surface area contributed by atoms with Crippen molar-refractivity contribution in [2.45, 2.75) is 10.8 Å². The van der Waals surface area contributed by atoms with Crippen LogP contribution in [-0.2, 0) is 10.5 Å². The monoisotopic (exact) mass is 456 g/mol. The van der Waals surface area contributed by atoms with Crippen LogP contribution in [0.15, 0.2) is 53.8 Å². The highest BCUT2D eigenvalue weighted by atomic mass is 32.2. The highest BCUT2D eigenvalue weighted by Gasteiger charge is 2.21. The second-order valence-corrected chi connectivity index (χ2v) is 7.99. The van der Waals surface area contributed by atoms with Crippen molar-refractivity contribution in [3.05, 3.63) is 65.5 Å². The molecule has 0 radical (unpaired) electrons. The molecule has 0 unspecified atom stereocenters. The molecule has 3 N–H and O–H groups in total. The van der Waals surface area contributed by atoms with Crippen molar-refractivity contribution in [1.82, 2.24) is 15.0 Å². The summed E-state index contributed by atoms with van der Waals surface area (Å²) in [5, 5.41) is 20.2. The number of pyridine rings is 1. The number of fused-ring (bicyclic) bond motifs is 1.